The minimum Gasteiger partial charge on any atom is -0.337 e. The third-order valence-corrected chi connectivity index (χ3v) is 4.28. The Bertz CT molecular complexity index is 945. The zero-order valence-corrected chi connectivity index (χ0v) is 13.6. The van der Waals surface area contributed by atoms with Crippen LogP contribution in [-0.2, 0) is 0 Å². The van der Waals surface area contributed by atoms with Crippen molar-refractivity contribution in [1.82, 2.24) is 20.0 Å². The number of halogens is 2. The number of rotatable bonds is 3. The summed E-state index contributed by atoms with van der Waals surface area (Å²) in [5.74, 6) is -1.73. The van der Waals surface area contributed by atoms with Crippen LogP contribution in [0.2, 0.25) is 0 Å². The normalized spacial score (nSPS) is 16.8. The summed E-state index contributed by atoms with van der Waals surface area (Å²) < 4.78 is 32.3. The minimum atomic E-state index is -0.990. The molecule has 0 unspecified atom stereocenters. The molecule has 0 radical (unpaired) electrons. The summed E-state index contributed by atoms with van der Waals surface area (Å²) in [4.78, 5) is 22.1. The quantitative estimate of drug-likeness (QED) is 0.719. The molecule has 1 aliphatic rings. The van der Waals surface area contributed by atoms with Crippen LogP contribution in [0.3, 0.4) is 0 Å². The molecule has 8 heteroatoms. The molecule has 4 rings (SSSR count). The second-order valence-electron chi connectivity index (χ2n) is 5.96. The van der Waals surface area contributed by atoms with Gasteiger partial charge >= 0.3 is 0 Å². The van der Waals surface area contributed by atoms with Crippen molar-refractivity contribution in [3.05, 3.63) is 65.8 Å². The molecule has 1 saturated heterocycles. The molecule has 6 nitrogen and oxygen atoms in total. The van der Waals surface area contributed by atoms with Gasteiger partial charge in [-0.15, -0.1) is 0 Å². The van der Waals surface area contributed by atoms with Crippen LogP contribution in [0, 0.1) is 11.6 Å². The van der Waals surface area contributed by atoms with Crippen LogP contribution in [0.5, 0.6) is 0 Å². The van der Waals surface area contributed by atoms with Crippen LogP contribution < -0.4 is 0 Å². The fourth-order valence-corrected chi connectivity index (χ4v) is 3.05. The average Bonchev–Trinajstić information content (AvgIpc) is 3.31. The summed E-state index contributed by atoms with van der Waals surface area (Å²) >= 11 is 0. The Balaban J connectivity index is 1.61. The third-order valence-electron chi connectivity index (χ3n) is 4.28. The monoisotopic (exact) mass is 356 g/mol. The lowest BCUT2D eigenvalue weighted by Gasteiger charge is -2.21. The van der Waals surface area contributed by atoms with E-state index in [1.165, 1.54) is 4.90 Å². The number of pyridine rings is 1. The lowest BCUT2D eigenvalue weighted by molar-refractivity contribution is 0.0698. The standard InChI is InChI=1S/C18H14F2N4O2/c19-12-9-13(20)15(21-10-12)18(25)24-8-4-7-14(24)17-22-16(23-26-17)11-5-2-1-3-6-11/h1-3,5-6,9-10,14H,4,7-8H2/t14-/m0/s1. The number of hydrogen-bond acceptors (Lipinski definition) is 5. The number of likely N-dealkylation sites (tertiary alicyclic amines) is 1. The Hall–Kier alpha value is -3.16. The maximum Gasteiger partial charge on any atom is 0.276 e. The van der Waals surface area contributed by atoms with Gasteiger partial charge in [-0.2, -0.15) is 4.98 Å². The van der Waals surface area contributed by atoms with E-state index in [-0.39, 0.29) is 5.89 Å². The van der Waals surface area contributed by atoms with Crippen LogP contribution in [0.25, 0.3) is 11.4 Å². The van der Waals surface area contributed by atoms with Crippen molar-refractivity contribution in [1.29, 1.82) is 0 Å². The van der Waals surface area contributed by atoms with Crippen LogP contribution >= 0.6 is 0 Å². The van der Waals surface area contributed by atoms with Crippen molar-refractivity contribution < 1.29 is 18.1 Å². The second-order valence-corrected chi connectivity index (χ2v) is 5.96. The first-order valence-corrected chi connectivity index (χ1v) is 8.14. The number of carbonyl (C=O) groups is 1. The Morgan fingerprint density at radius 3 is 2.81 bits per heavy atom. The highest BCUT2D eigenvalue weighted by Gasteiger charge is 2.36. The first-order valence-electron chi connectivity index (χ1n) is 8.14. The molecule has 0 spiro atoms. The number of nitrogens with zero attached hydrogens (tertiary/aromatic N) is 4. The Morgan fingerprint density at radius 2 is 2.04 bits per heavy atom. The molecule has 132 valence electrons. The van der Waals surface area contributed by atoms with Crippen LogP contribution in [0.4, 0.5) is 8.78 Å². The third kappa shape index (κ3) is 2.94. The van der Waals surface area contributed by atoms with E-state index < -0.39 is 29.3 Å². The fourth-order valence-electron chi connectivity index (χ4n) is 3.05. The lowest BCUT2D eigenvalue weighted by atomic mass is 10.2. The van der Waals surface area contributed by atoms with Gasteiger partial charge in [-0.1, -0.05) is 35.5 Å². The second kappa shape index (κ2) is 6.62. The first-order chi connectivity index (χ1) is 12.6. The Morgan fingerprint density at radius 1 is 1.23 bits per heavy atom. The summed E-state index contributed by atoms with van der Waals surface area (Å²) in [6.45, 7) is 0.408. The summed E-state index contributed by atoms with van der Waals surface area (Å²) in [5, 5.41) is 3.96. The molecule has 0 bridgehead atoms. The van der Waals surface area contributed by atoms with E-state index in [1.807, 2.05) is 30.3 Å². The molecule has 1 aliphatic heterocycles. The SMILES string of the molecule is O=C(c1ncc(F)cc1F)N1CCC[C@H]1c1nc(-c2ccccc2)no1. The minimum absolute atomic E-state index is 0.289. The maximum atomic E-state index is 13.9. The predicted molar refractivity (Wildman–Crippen MR) is 86.9 cm³/mol. The van der Waals surface area contributed by atoms with Crippen LogP contribution in [0.15, 0.2) is 47.1 Å². The number of amides is 1. The van der Waals surface area contributed by atoms with Gasteiger partial charge in [0.05, 0.1) is 6.20 Å². The van der Waals surface area contributed by atoms with Gasteiger partial charge in [-0.25, -0.2) is 13.8 Å². The van der Waals surface area contributed by atoms with Crippen molar-refractivity contribution in [3.63, 3.8) is 0 Å². The van der Waals surface area contributed by atoms with Crippen molar-refractivity contribution in [2.24, 2.45) is 0 Å². The van der Waals surface area contributed by atoms with E-state index in [0.29, 0.717) is 31.3 Å². The summed E-state index contributed by atoms with van der Waals surface area (Å²) in [7, 11) is 0. The van der Waals surface area contributed by atoms with E-state index in [0.717, 1.165) is 11.8 Å². The van der Waals surface area contributed by atoms with E-state index in [2.05, 4.69) is 15.1 Å². The van der Waals surface area contributed by atoms with Gasteiger partial charge in [-0.05, 0) is 12.8 Å². The summed E-state index contributed by atoms with van der Waals surface area (Å²) in [5.41, 5.74) is 0.380. The maximum absolute atomic E-state index is 13.9. The van der Waals surface area contributed by atoms with E-state index >= 15 is 0 Å². The molecule has 0 saturated carbocycles. The van der Waals surface area contributed by atoms with E-state index in [4.69, 9.17) is 4.52 Å². The van der Waals surface area contributed by atoms with Crippen molar-refractivity contribution in [3.8, 4) is 11.4 Å². The molecule has 3 aromatic rings. The molecule has 0 N–H and O–H groups in total. The van der Waals surface area contributed by atoms with Gasteiger partial charge in [0.25, 0.3) is 5.91 Å². The Kier molecular flexibility index (Phi) is 4.16. The molecule has 0 aliphatic carbocycles. The number of benzene rings is 1. The molecule has 1 aromatic carbocycles. The molecule has 3 heterocycles. The Labute approximate surface area is 147 Å². The van der Waals surface area contributed by atoms with Gasteiger partial charge in [0.1, 0.15) is 11.9 Å². The van der Waals surface area contributed by atoms with Gasteiger partial charge in [-0.3, -0.25) is 4.79 Å². The van der Waals surface area contributed by atoms with Crippen molar-refractivity contribution in [2.75, 3.05) is 6.54 Å². The molecule has 26 heavy (non-hydrogen) atoms. The van der Waals surface area contributed by atoms with Gasteiger partial charge in [0, 0.05) is 18.2 Å². The molecule has 2 aromatic heterocycles. The van der Waals surface area contributed by atoms with Crippen LogP contribution in [-0.4, -0.2) is 32.5 Å². The van der Waals surface area contributed by atoms with Gasteiger partial charge in [0.15, 0.2) is 11.5 Å². The van der Waals surface area contributed by atoms with Crippen molar-refractivity contribution in [2.45, 2.75) is 18.9 Å². The predicted octanol–water partition coefficient (Wildman–Crippen LogP) is 3.39. The van der Waals surface area contributed by atoms with Gasteiger partial charge < -0.3 is 9.42 Å². The number of hydrogen-bond donors (Lipinski definition) is 0. The zero-order chi connectivity index (χ0) is 18.1. The van der Waals surface area contributed by atoms with Crippen LogP contribution in [0.1, 0.15) is 35.3 Å². The summed E-state index contributed by atoms with van der Waals surface area (Å²) in [6, 6.07) is 9.49. The fraction of sp³-hybridized carbons (Fsp3) is 0.222. The molecule has 1 fully saturated rings. The number of aromatic nitrogens is 3. The van der Waals surface area contributed by atoms with E-state index in [9.17, 15) is 13.6 Å². The number of carbonyl (C=O) groups excluding carboxylic acids is 1. The molecular weight excluding hydrogens is 342 g/mol. The zero-order valence-electron chi connectivity index (χ0n) is 13.6. The highest BCUT2D eigenvalue weighted by atomic mass is 19.1. The lowest BCUT2D eigenvalue weighted by Crippen LogP contribution is -2.32. The van der Waals surface area contributed by atoms with E-state index in [1.54, 1.807) is 0 Å². The smallest absolute Gasteiger partial charge is 0.276 e. The topological polar surface area (TPSA) is 72.1 Å². The molecule has 1 atom stereocenters. The average molecular weight is 356 g/mol. The van der Waals surface area contributed by atoms with Crippen molar-refractivity contribution >= 4 is 5.91 Å². The largest absolute Gasteiger partial charge is 0.337 e. The first kappa shape index (κ1) is 16.3. The summed E-state index contributed by atoms with van der Waals surface area (Å²) in [6.07, 6.45) is 2.15. The highest BCUT2D eigenvalue weighted by Crippen LogP contribution is 2.33. The van der Waals surface area contributed by atoms with Gasteiger partial charge in [0.2, 0.25) is 11.7 Å². The molecule has 1 amide bonds. The highest BCUT2D eigenvalue weighted by molar-refractivity contribution is 5.93. The molecular formula is C18H14F2N4O2.